The van der Waals surface area contributed by atoms with E-state index in [0.29, 0.717) is 6.61 Å². The molecule has 1 fully saturated rings. The maximum atomic E-state index is 11.3. The lowest BCUT2D eigenvalue weighted by molar-refractivity contribution is -0.0348. The van der Waals surface area contributed by atoms with Crippen LogP contribution < -0.4 is 15.0 Å². The Hall–Kier alpha value is -2.38. The van der Waals surface area contributed by atoms with Gasteiger partial charge in [0.1, 0.15) is 11.5 Å². The van der Waals surface area contributed by atoms with Crippen LogP contribution in [0.25, 0.3) is 0 Å². The Morgan fingerprint density at radius 3 is 2.96 bits per heavy atom. The van der Waals surface area contributed by atoms with Crippen LogP contribution in [0.15, 0.2) is 35.4 Å². The van der Waals surface area contributed by atoms with Crippen molar-refractivity contribution in [3.05, 3.63) is 52.2 Å². The van der Waals surface area contributed by atoms with Crippen molar-refractivity contribution in [1.82, 2.24) is 14.9 Å². The Balaban J connectivity index is 1.57. The molecule has 7 nitrogen and oxygen atoms in total. The molecule has 1 aliphatic rings. The number of aryl methyl sites for hydroxylation is 1. The second kappa shape index (κ2) is 8.82. The first-order valence-corrected chi connectivity index (χ1v) is 8.76. The van der Waals surface area contributed by atoms with Crippen LogP contribution in [0.2, 0.25) is 0 Å². The van der Waals surface area contributed by atoms with Crippen molar-refractivity contribution >= 4 is 0 Å². The molecule has 2 aromatic rings. The molecule has 0 radical (unpaired) electrons. The van der Waals surface area contributed by atoms with Gasteiger partial charge in [-0.3, -0.25) is 9.69 Å². The van der Waals surface area contributed by atoms with Crippen molar-refractivity contribution in [2.24, 2.45) is 0 Å². The van der Waals surface area contributed by atoms with Crippen molar-refractivity contribution < 1.29 is 14.2 Å². The van der Waals surface area contributed by atoms with Crippen LogP contribution in [0.4, 0.5) is 0 Å². The topological polar surface area (TPSA) is 76.7 Å². The molecule has 0 aliphatic carbocycles. The molecule has 1 aromatic heterocycles. The number of hydrogen-bond donors (Lipinski definition) is 1. The van der Waals surface area contributed by atoms with E-state index in [4.69, 9.17) is 14.2 Å². The summed E-state index contributed by atoms with van der Waals surface area (Å²) in [6.07, 6.45) is 3.15. The number of aromatic amines is 1. The zero-order valence-corrected chi connectivity index (χ0v) is 15.2. The van der Waals surface area contributed by atoms with Gasteiger partial charge in [0.15, 0.2) is 0 Å². The van der Waals surface area contributed by atoms with Crippen LogP contribution in [0.5, 0.6) is 11.5 Å². The molecule has 7 heteroatoms. The third kappa shape index (κ3) is 4.83. The monoisotopic (exact) mass is 359 g/mol. The lowest BCUT2D eigenvalue weighted by Crippen LogP contribution is -2.42. The third-order valence-corrected chi connectivity index (χ3v) is 4.57. The van der Waals surface area contributed by atoms with E-state index >= 15 is 0 Å². The molecule has 1 N–H and O–H groups in total. The fraction of sp³-hybridized carbons (Fsp3) is 0.474. The fourth-order valence-corrected chi connectivity index (χ4v) is 3.18. The van der Waals surface area contributed by atoms with Gasteiger partial charge in [0, 0.05) is 43.0 Å². The summed E-state index contributed by atoms with van der Waals surface area (Å²) in [5.41, 5.74) is 1.81. The molecule has 26 heavy (non-hydrogen) atoms. The lowest BCUT2D eigenvalue weighted by atomic mass is 10.1. The standard InChI is InChI=1S/C19H25N3O4/c1-24-16-5-3-14(18(10-16)25-2)11-22-7-8-26-17(12-22)6-4-15-9-19(23)21-13-20-15/h3,5,9-10,13,17H,4,6-8,11-12H2,1-2H3,(H,20,21,23)/t17-/m1/s1. The molecule has 1 atom stereocenters. The van der Waals surface area contributed by atoms with E-state index in [1.807, 2.05) is 18.2 Å². The SMILES string of the molecule is COc1ccc(CN2CCO[C@H](CCc3cc(=O)[nH]cn3)C2)c(OC)c1. The van der Waals surface area contributed by atoms with Gasteiger partial charge < -0.3 is 19.2 Å². The average molecular weight is 359 g/mol. The molecule has 1 aromatic carbocycles. The average Bonchev–Trinajstić information content (AvgIpc) is 2.67. The molecule has 0 amide bonds. The van der Waals surface area contributed by atoms with Crippen molar-refractivity contribution in [2.75, 3.05) is 33.9 Å². The number of nitrogens with zero attached hydrogens (tertiary/aromatic N) is 2. The summed E-state index contributed by atoms with van der Waals surface area (Å²) >= 11 is 0. The summed E-state index contributed by atoms with van der Waals surface area (Å²) < 4.78 is 16.6. The van der Waals surface area contributed by atoms with Crippen LogP contribution in [0, 0.1) is 0 Å². The fourth-order valence-electron chi connectivity index (χ4n) is 3.18. The van der Waals surface area contributed by atoms with Gasteiger partial charge in [-0.25, -0.2) is 4.98 Å². The molecule has 3 rings (SSSR count). The number of H-pyrrole nitrogens is 1. The first-order chi connectivity index (χ1) is 12.7. The van der Waals surface area contributed by atoms with Gasteiger partial charge in [0.2, 0.25) is 0 Å². The first kappa shape index (κ1) is 18.4. The van der Waals surface area contributed by atoms with E-state index in [-0.39, 0.29) is 11.7 Å². The maximum absolute atomic E-state index is 11.3. The molecular weight excluding hydrogens is 334 g/mol. The van der Waals surface area contributed by atoms with Crippen molar-refractivity contribution in [3.63, 3.8) is 0 Å². The number of morpholine rings is 1. The van der Waals surface area contributed by atoms with E-state index in [1.54, 1.807) is 20.3 Å². The predicted molar refractivity (Wildman–Crippen MR) is 97.7 cm³/mol. The summed E-state index contributed by atoms with van der Waals surface area (Å²) in [4.78, 5) is 20.4. The number of rotatable bonds is 7. The predicted octanol–water partition coefficient (Wildman–Crippen LogP) is 1.62. The van der Waals surface area contributed by atoms with Crippen LogP contribution in [0.3, 0.4) is 0 Å². The highest BCUT2D eigenvalue weighted by Crippen LogP contribution is 2.26. The van der Waals surface area contributed by atoms with Crippen LogP contribution in [-0.2, 0) is 17.7 Å². The number of nitrogens with one attached hydrogen (secondary N) is 1. The van der Waals surface area contributed by atoms with Crippen molar-refractivity contribution in [1.29, 1.82) is 0 Å². The Bertz CT molecular complexity index is 777. The summed E-state index contributed by atoms with van der Waals surface area (Å²) in [6.45, 7) is 3.23. The molecule has 1 aliphatic heterocycles. The molecule has 0 saturated carbocycles. The lowest BCUT2D eigenvalue weighted by Gasteiger charge is -2.33. The first-order valence-electron chi connectivity index (χ1n) is 8.76. The highest BCUT2D eigenvalue weighted by molar-refractivity contribution is 5.40. The second-order valence-corrected chi connectivity index (χ2v) is 6.35. The van der Waals surface area contributed by atoms with Gasteiger partial charge in [0.25, 0.3) is 5.56 Å². The Kier molecular flexibility index (Phi) is 6.25. The van der Waals surface area contributed by atoms with Crippen molar-refractivity contribution in [3.8, 4) is 11.5 Å². The van der Waals surface area contributed by atoms with Crippen molar-refractivity contribution in [2.45, 2.75) is 25.5 Å². The Morgan fingerprint density at radius 1 is 1.31 bits per heavy atom. The smallest absolute Gasteiger partial charge is 0.250 e. The Morgan fingerprint density at radius 2 is 2.19 bits per heavy atom. The van der Waals surface area contributed by atoms with Gasteiger partial charge in [0.05, 0.1) is 33.3 Å². The minimum Gasteiger partial charge on any atom is -0.497 e. The number of hydrogen-bond acceptors (Lipinski definition) is 6. The molecular formula is C19H25N3O4. The highest BCUT2D eigenvalue weighted by Gasteiger charge is 2.21. The molecule has 0 bridgehead atoms. The maximum Gasteiger partial charge on any atom is 0.250 e. The van der Waals surface area contributed by atoms with Gasteiger partial charge in [-0.2, -0.15) is 0 Å². The molecule has 140 valence electrons. The van der Waals surface area contributed by atoms with E-state index in [0.717, 1.165) is 55.2 Å². The zero-order valence-electron chi connectivity index (χ0n) is 15.2. The number of ether oxygens (including phenoxy) is 3. The van der Waals surface area contributed by atoms with Crippen LogP contribution >= 0.6 is 0 Å². The highest BCUT2D eigenvalue weighted by atomic mass is 16.5. The minimum atomic E-state index is -0.118. The van der Waals surface area contributed by atoms with E-state index in [2.05, 4.69) is 14.9 Å². The zero-order chi connectivity index (χ0) is 18.4. The van der Waals surface area contributed by atoms with Gasteiger partial charge in [-0.05, 0) is 18.9 Å². The largest absolute Gasteiger partial charge is 0.497 e. The summed E-state index contributed by atoms with van der Waals surface area (Å²) in [7, 11) is 3.32. The quantitative estimate of drug-likeness (QED) is 0.810. The number of aromatic nitrogens is 2. The summed E-state index contributed by atoms with van der Waals surface area (Å²) in [6, 6.07) is 7.45. The van der Waals surface area contributed by atoms with Gasteiger partial charge in [-0.15, -0.1) is 0 Å². The minimum absolute atomic E-state index is 0.118. The van der Waals surface area contributed by atoms with E-state index in [9.17, 15) is 4.79 Å². The molecule has 0 spiro atoms. The van der Waals surface area contributed by atoms with Crippen LogP contribution in [-0.4, -0.2) is 54.9 Å². The van der Waals surface area contributed by atoms with Gasteiger partial charge in [-0.1, -0.05) is 6.07 Å². The number of methoxy groups -OCH3 is 2. The molecule has 1 saturated heterocycles. The van der Waals surface area contributed by atoms with Gasteiger partial charge >= 0.3 is 0 Å². The summed E-state index contributed by atoms with van der Waals surface area (Å²) in [5.74, 6) is 1.62. The molecule has 2 heterocycles. The third-order valence-electron chi connectivity index (χ3n) is 4.57. The summed E-state index contributed by atoms with van der Waals surface area (Å²) in [5, 5.41) is 0. The normalized spacial score (nSPS) is 17.8. The van der Waals surface area contributed by atoms with E-state index < -0.39 is 0 Å². The number of benzene rings is 1. The second-order valence-electron chi connectivity index (χ2n) is 6.35. The van der Waals surface area contributed by atoms with E-state index in [1.165, 1.54) is 6.33 Å². The molecule has 0 unspecified atom stereocenters. The Labute approximate surface area is 152 Å². The van der Waals surface area contributed by atoms with Crippen LogP contribution in [0.1, 0.15) is 17.7 Å².